The van der Waals surface area contributed by atoms with Gasteiger partial charge in [0.25, 0.3) is 0 Å². The minimum atomic E-state index is -0.541. The molecule has 1 amide bonds. The molecule has 1 aliphatic heterocycles. The van der Waals surface area contributed by atoms with Gasteiger partial charge in [0.1, 0.15) is 0 Å². The van der Waals surface area contributed by atoms with Crippen LogP contribution in [0.1, 0.15) is 13.8 Å². The lowest BCUT2D eigenvalue weighted by atomic mass is 9.90. The first-order chi connectivity index (χ1) is 10.0. The minimum Gasteiger partial charge on any atom is -0.395 e. The molecule has 5 nitrogen and oxygen atoms in total. The van der Waals surface area contributed by atoms with Crippen molar-refractivity contribution >= 4 is 11.6 Å². The van der Waals surface area contributed by atoms with E-state index in [9.17, 15) is 9.90 Å². The van der Waals surface area contributed by atoms with Crippen molar-refractivity contribution < 1.29 is 14.6 Å². The zero-order valence-corrected chi connectivity index (χ0v) is 12.7. The first kappa shape index (κ1) is 15.9. The van der Waals surface area contributed by atoms with Gasteiger partial charge in [-0.1, -0.05) is 18.2 Å². The Labute approximate surface area is 125 Å². The van der Waals surface area contributed by atoms with E-state index >= 15 is 0 Å². The van der Waals surface area contributed by atoms with E-state index in [1.54, 1.807) is 0 Å². The van der Waals surface area contributed by atoms with Crippen LogP contribution < -0.4 is 5.32 Å². The number of carbonyl (C=O) groups is 1. The fraction of sp³-hybridized carbons (Fsp3) is 0.562. The fourth-order valence-electron chi connectivity index (χ4n) is 2.47. The average molecular weight is 292 g/mol. The lowest BCUT2D eigenvalue weighted by molar-refractivity contribution is -0.127. The van der Waals surface area contributed by atoms with Gasteiger partial charge in [0.05, 0.1) is 31.3 Å². The first-order valence-electron chi connectivity index (χ1n) is 7.32. The maximum Gasteiger partial charge on any atom is 0.231 e. The quantitative estimate of drug-likeness (QED) is 0.860. The van der Waals surface area contributed by atoms with Crippen LogP contribution in [0.15, 0.2) is 30.3 Å². The standard InChI is InChI=1S/C16H24N2O3/c1-16(2,12-18-8-9-21-11-14(18)10-19)15(20)17-13-6-4-3-5-7-13/h3-7,14,19H,8-12H2,1-2H3,(H,17,20). The van der Waals surface area contributed by atoms with E-state index in [2.05, 4.69) is 10.2 Å². The summed E-state index contributed by atoms with van der Waals surface area (Å²) in [6.07, 6.45) is 0. The minimum absolute atomic E-state index is 0.0168. The SMILES string of the molecule is CC(C)(CN1CCOCC1CO)C(=O)Nc1ccccc1. The predicted molar refractivity (Wildman–Crippen MR) is 82.1 cm³/mol. The zero-order valence-electron chi connectivity index (χ0n) is 12.7. The van der Waals surface area contributed by atoms with Crippen LogP contribution in [0.25, 0.3) is 0 Å². The van der Waals surface area contributed by atoms with Crippen LogP contribution >= 0.6 is 0 Å². The molecule has 1 heterocycles. The van der Waals surface area contributed by atoms with Crippen molar-refractivity contribution in [2.45, 2.75) is 19.9 Å². The molecule has 1 fully saturated rings. The lowest BCUT2D eigenvalue weighted by Crippen LogP contribution is -2.52. The summed E-state index contributed by atoms with van der Waals surface area (Å²) in [5.41, 5.74) is 0.261. The van der Waals surface area contributed by atoms with Gasteiger partial charge >= 0.3 is 0 Å². The Morgan fingerprint density at radius 2 is 2.14 bits per heavy atom. The first-order valence-corrected chi connectivity index (χ1v) is 7.32. The number of hydrogen-bond acceptors (Lipinski definition) is 4. The van der Waals surface area contributed by atoms with Gasteiger partial charge in [0, 0.05) is 18.8 Å². The van der Waals surface area contributed by atoms with Crippen LogP contribution in [-0.2, 0) is 9.53 Å². The van der Waals surface area contributed by atoms with E-state index in [-0.39, 0.29) is 18.6 Å². The second-order valence-electron chi connectivity index (χ2n) is 6.09. The molecule has 1 atom stereocenters. The van der Waals surface area contributed by atoms with Crippen LogP contribution in [0.3, 0.4) is 0 Å². The highest BCUT2D eigenvalue weighted by molar-refractivity contribution is 5.94. The number of hydrogen-bond donors (Lipinski definition) is 2. The molecular weight excluding hydrogens is 268 g/mol. The maximum atomic E-state index is 12.5. The van der Waals surface area contributed by atoms with Crippen molar-refractivity contribution in [2.75, 3.05) is 38.2 Å². The molecular formula is C16H24N2O3. The number of amides is 1. The highest BCUT2D eigenvalue weighted by Gasteiger charge is 2.33. The molecule has 21 heavy (non-hydrogen) atoms. The topological polar surface area (TPSA) is 61.8 Å². The van der Waals surface area contributed by atoms with Crippen LogP contribution in [0.5, 0.6) is 0 Å². The van der Waals surface area contributed by atoms with Crippen molar-refractivity contribution in [2.24, 2.45) is 5.41 Å². The Bertz CT molecular complexity index is 462. The second kappa shape index (κ2) is 7.02. The molecule has 1 aromatic carbocycles. The molecule has 0 aromatic heterocycles. The van der Waals surface area contributed by atoms with Gasteiger partial charge < -0.3 is 15.2 Å². The van der Waals surface area contributed by atoms with E-state index in [1.165, 1.54) is 0 Å². The summed E-state index contributed by atoms with van der Waals surface area (Å²) in [5, 5.41) is 12.4. The summed E-state index contributed by atoms with van der Waals surface area (Å²) >= 11 is 0. The molecule has 116 valence electrons. The molecule has 0 radical (unpaired) electrons. The van der Waals surface area contributed by atoms with Gasteiger partial charge in [0.2, 0.25) is 5.91 Å². The maximum absolute atomic E-state index is 12.5. The molecule has 1 aliphatic rings. The number of nitrogens with one attached hydrogen (secondary N) is 1. The Balaban J connectivity index is 1.98. The molecule has 1 saturated heterocycles. The molecule has 2 rings (SSSR count). The van der Waals surface area contributed by atoms with Crippen LogP contribution in [0.4, 0.5) is 5.69 Å². The third kappa shape index (κ3) is 4.27. The van der Waals surface area contributed by atoms with Crippen molar-refractivity contribution in [3.8, 4) is 0 Å². The summed E-state index contributed by atoms with van der Waals surface area (Å²) in [5.74, 6) is -0.0168. The van der Waals surface area contributed by atoms with Crippen LogP contribution in [0, 0.1) is 5.41 Å². The highest BCUT2D eigenvalue weighted by atomic mass is 16.5. The number of benzene rings is 1. The summed E-state index contributed by atoms with van der Waals surface area (Å²) in [6.45, 7) is 6.41. The van der Waals surface area contributed by atoms with Gasteiger partial charge in [0.15, 0.2) is 0 Å². The number of rotatable bonds is 5. The largest absolute Gasteiger partial charge is 0.395 e. The molecule has 1 aromatic rings. The van der Waals surface area contributed by atoms with Crippen molar-refractivity contribution in [3.63, 3.8) is 0 Å². The van der Waals surface area contributed by atoms with Crippen molar-refractivity contribution in [3.05, 3.63) is 30.3 Å². The second-order valence-corrected chi connectivity index (χ2v) is 6.09. The van der Waals surface area contributed by atoms with E-state index in [0.717, 1.165) is 12.2 Å². The average Bonchev–Trinajstić information content (AvgIpc) is 2.48. The molecule has 0 aliphatic carbocycles. The van der Waals surface area contributed by atoms with Gasteiger partial charge in [-0.3, -0.25) is 9.69 Å². The van der Waals surface area contributed by atoms with Gasteiger partial charge in [-0.15, -0.1) is 0 Å². The van der Waals surface area contributed by atoms with Gasteiger partial charge in [-0.2, -0.15) is 0 Å². The molecule has 5 heteroatoms. The Morgan fingerprint density at radius 1 is 1.43 bits per heavy atom. The Kier molecular flexibility index (Phi) is 5.33. The molecule has 1 unspecified atom stereocenters. The van der Waals surface area contributed by atoms with E-state index in [0.29, 0.717) is 19.8 Å². The van der Waals surface area contributed by atoms with Crippen LogP contribution in [0.2, 0.25) is 0 Å². The molecule has 0 saturated carbocycles. The Hall–Kier alpha value is -1.43. The number of carbonyl (C=O) groups excluding carboxylic acids is 1. The molecule has 2 N–H and O–H groups in total. The number of anilines is 1. The summed E-state index contributed by atoms with van der Waals surface area (Å²) in [4.78, 5) is 14.6. The third-order valence-electron chi connectivity index (χ3n) is 3.80. The number of morpholine rings is 1. The number of ether oxygens (including phenoxy) is 1. The third-order valence-corrected chi connectivity index (χ3v) is 3.80. The summed E-state index contributed by atoms with van der Waals surface area (Å²) < 4.78 is 5.37. The predicted octanol–water partition coefficient (Wildman–Crippen LogP) is 1.34. The smallest absolute Gasteiger partial charge is 0.231 e. The van der Waals surface area contributed by atoms with Gasteiger partial charge in [-0.05, 0) is 26.0 Å². The number of para-hydroxylation sites is 1. The van der Waals surface area contributed by atoms with E-state index in [1.807, 2.05) is 44.2 Å². The lowest BCUT2D eigenvalue weighted by Gasteiger charge is -2.39. The fourth-order valence-corrected chi connectivity index (χ4v) is 2.47. The Morgan fingerprint density at radius 3 is 2.81 bits per heavy atom. The van der Waals surface area contributed by atoms with E-state index in [4.69, 9.17) is 4.74 Å². The van der Waals surface area contributed by atoms with Crippen molar-refractivity contribution in [1.82, 2.24) is 4.90 Å². The molecule has 0 bridgehead atoms. The summed E-state index contributed by atoms with van der Waals surface area (Å²) in [6, 6.07) is 9.43. The van der Waals surface area contributed by atoms with E-state index < -0.39 is 5.41 Å². The zero-order chi connectivity index (χ0) is 15.3. The monoisotopic (exact) mass is 292 g/mol. The highest BCUT2D eigenvalue weighted by Crippen LogP contribution is 2.22. The summed E-state index contributed by atoms with van der Waals surface area (Å²) in [7, 11) is 0. The van der Waals surface area contributed by atoms with Crippen molar-refractivity contribution in [1.29, 1.82) is 0 Å². The van der Waals surface area contributed by atoms with Gasteiger partial charge in [-0.25, -0.2) is 0 Å². The number of aliphatic hydroxyl groups excluding tert-OH is 1. The van der Waals surface area contributed by atoms with Crippen LogP contribution in [-0.4, -0.2) is 54.9 Å². The normalized spacial score (nSPS) is 20.2. The number of aliphatic hydroxyl groups is 1. The molecule has 0 spiro atoms. The number of nitrogens with zero attached hydrogens (tertiary/aromatic N) is 1.